The summed E-state index contributed by atoms with van der Waals surface area (Å²) in [5.41, 5.74) is 6.13. The molecule has 18 heavy (non-hydrogen) atoms. The van der Waals surface area contributed by atoms with E-state index in [0.29, 0.717) is 6.42 Å². The van der Waals surface area contributed by atoms with Crippen LogP contribution in [0.5, 0.6) is 0 Å². The molecule has 0 radical (unpaired) electrons. The molecule has 0 fully saturated rings. The molecular formula is C11H16N2O4S. The first kappa shape index (κ1) is 14.3. The molecule has 1 aromatic rings. The molecule has 1 aromatic carbocycles. The van der Waals surface area contributed by atoms with E-state index in [0.717, 1.165) is 4.31 Å². The highest BCUT2D eigenvalue weighted by atomic mass is 32.2. The second-order valence-corrected chi connectivity index (χ2v) is 5.79. The number of aliphatic carboxylic acids is 1. The van der Waals surface area contributed by atoms with Crippen molar-refractivity contribution in [2.45, 2.75) is 13.3 Å². The molecule has 0 unspecified atom stereocenters. The van der Waals surface area contributed by atoms with E-state index in [4.69, 9.17) is 10.8 Å². The molecule has 0 aliphatic heterocycles. The Hall–Kier alpha value is -1.76. The van der Waals surface area contributed by atoms with Gasteiger partial charge in [-0.3, -0.25) is 9.10 Å². The predicted molar refractivity (Wildman–Crippen MR) is 69.9 cm³/mol. The van der Waals surface area contributed by atoms with E-state index in [-0.39, 0.29) is 17.1 Å². The lowest BCUT2D eigenvalue weighted by molar-refractivity contribution is -0.135. The second-order valence-electron chi connectivity index (χ2n) is 3.78. The highest BCUT2D eigenvalue weighted by Crippen LogP contribution is 2.25. The topological polar surface area (TPSA) is 101 Å². The molecule has 0 aliphatic carbocycles. The standard InChI is InChI=1S/C11H16N2O4S/c1-2-7-18(16,17)13(8-11(14)15)10-6-4-3-5-9(10)12/h3-6H,2,7-8,12H2,1H3,(H,14,15). The highest BCUT2D eigenvalue weighted by Gasteiger charge is 2.25. The third-order valence-electron chi connectivity index (χ3n) is 2.28. The van der Waals surface area contributed by atoms with Gasteiger partial charge in [-0.2, -0.15) is 0 Å². The zero-order valence-corrected chi connectivity index (χ0v) is 10.9. The van der Waals surface area contributed by atoms with Crippen molar-refractivity contribution in [3.63, 3.8) is 0 Å². The summed E-state index contributed by atoms with van der Waals surface area (Å²) < 4.78 is 24.9. The zero-order valence-electron chi connectivity index (χ0n) is 10.0. The smallest absolute Gasteiger partial charge is 0.324 e. The number of carboxylic acid groups (broad SMARTS) is 1. The van der Waals surface area contributed by atoms with Gasteiger partial charge < -0.3 is 10.8 Å². The van der Waals surface area contributed by atoms with Crippen LogP contribution in [0.3, 0.4) is 0 Å². The second kappa shape index (κ2) is 5.72. The predicted octanol–water partition coefficient (Wildman–Crippen LogP) is 0.900. The largest absolute Gasteiger partial charge is 0.480 e. The molecule has 0 heterocycles. The van der Waals surface area contributed by atoms with Gasteiger partial charge in [0.15, 0.2) is 0 Å². The van der Waals surface area contributed by atoms with Gasteiger partial charge in [0.1, 0.15) is 6.54 Å². The van der Waals surface area contributed by atoms with Gasteiger partial charge in [-0.05, 0) is 18.6 Å². The van der Waals surface area contributed by atoms with Gasteiger partial charge in [-0.15, -0.1) is 0 Å². The van der Waals surface area contributed by atoms with Crippen molar-refractivity contribution in [1.29, 1.82) is 0 Å². The van der Waals surface area contributed by atoms with Crippen molar-refractivity contribution >= 4 is 27.4 Å². The summed E-state index contributed by atoms with van der Waals surface area (Å²) in [4.78, 5) is 10.8. The van der Waals surface area contributed by atoms with Gasteiger partial charge in [0.2, 0.25) is 10.0 Å². The van der Waals surface area contributed by atoms with E-state index < -0.39 is 22.5 Å². The lowest BCUT2D eigenvalue weighted by atomic mass is 10.3. The normalized spacial score (nSPS) is 11.2. The van der Waals surface area contributed by atoms with Gasteiger partial charge in [0.25, 0.3) is 0 Å². The van der Waals surface area contributed by atoms with Crippen LogP contribution in [0.4, 0.5) is 11.4 Å². The number of hydrogen-bond donors (Lipinski definition) is 2. The lowest BCUT2D eigenvalue weighted by Crippen LogP contribution is -2.37. The third-order valence-corrected chi connectivity index (χ3v) is 4.20. The Morgan fingerprint density at radius 3 is 2.50 bits per heavy atom. The van der Waals surface area contributed by atoms with Crippen LogP contribution >= 0.6 is 0 Å². The SMILES string of the molecule is CCCS(=O)(=O)N(CC(=O)O)c1ccccc1N. The number of anilines is 2. The van der Waals surface area contributed by atoms with Crippen molar-refractivity contribution in [3.8, 4) is 0 Å². The van der Waals surface area contributed by atoms with E-state index in [2.05, 4.69) is 0 Å². The van der Waals surface area contributed by atoms with E-state index in [1.807, 2.05) is 0 Å². The Labute approximate surface area is 106 Å². The number of hydrogen-bond acceptors (Lipinski definition) is 4. The van der Waals surface area contributed by atoms with Crippen LogP contribution in [0.25, 0.3) is 0 Å². The Morgan fingerprint density at radius 2 is 2.00 bits per heavy atom. The summed E-state index contributed by atoms with van der Waals surface area (Å²) >= 11 is 0. The number of nitrogen functional groups attached to an aromatic ring is 1. The van der Waals surface area contributed by atoms with E-state index in [1.165, 1.54) is 12.1 Å². The fraction of sp³-hybridized carbons (Fsp3) is 0.364. The number of nitrogens with two attached hydrogens (primary N) is 1. The molecule has 0 amide bonds. The van der Waals surface area contributed by atoms with Crippen LogP contribution in [-0.4, -0.2) is 31.8 Å². The molecule has 0 aromatic heterocycles. The van der Waals surface area contributed by atoms with Crippen LogP contribution in [0.2, 0.25) is 0 Å². The Kier molecular flexibility index (Phi) is 4.55. The summed E-state index contributed by atoms with van der Waals surface area (Å²) in [5, 5.41) is 8.82. The molecule has 0 spiro atoms. The summed E-state index contributed by atoms with van der Waals surface area (Å²) in [7, 11) is -3.67. The molecule has 6 nitrogen and oxygen atoms in total. The molecule has 0 aliphatic rings. The minimum Gasteiger partial charge on any atom is -0.480 e. The first-order valence-corrected chi connectivity index (χ1v) is 7.06. The van der Waals surface area contributed by atoms with Crippen LogP contribution in [0, 0.1) is 0 Å². The average molecular weight is 272 g/mol. The molecule has 0 saturated carbocycles. The van der Waals surface area contributed by atoms with Crippen molar-refractivity contribution in [3.05, 3.63) is 24.3 Å². The molecular weight excluding hydrogens is 256 g/mol. The Morgan fingerprint density at radius 1 is 1.39 bits per heavy atom. The Balaban J connectivity index is 3.22. The van der Waals surface area contributed by atoms with E-state index in [9.17, 15) is 13.2 Å². The monoisotopic (exact) mass is 272 g/mol. The molecule has 0 saturated heterocycles. The number of carboxylic acids is 1. The number of nitrogens with zero attached hydrogens (tertiary/aromatic N) is 1. The number of rotatable bonds is 6. The molecule has 100 valence electrons. The average Bonchev–Trinajstić information content (AvgIpc) is 2.26. The van der Waals surface area contributed by atoms with Gasteiger partial charge in [-0.25, -0.2) is 8.42 Å². The highest BCUT2D eigenvalue weighted by molar-refractivity contribution is 7.92. The number of sulfonamides is 1. The maximum absolute atomic E-state index is 12.0. The van der Waals surface area contributed by atoms with E-state index >= 15 is 0 Å². The number of carbonyl (C=O) groups is 1. The number of benzene rings is 1. The third kappa shape index (κ3) is 3.36. The lowest BCUT2D eigenvalue weighted by Gasteiger charge is -2.23. The van der Waals surface area contributed by atoms with Crippen molar-refractivity contribution < 1.29 is 18.3 Å². The Bertz CT molecular complexity index is 528. The van der Waals surface area contributed by atoms with Crippen molar-refractivity contribution in [2.75, 3.05) is 22.3 Å². The molecule has 0 bridgehead atoms. The fourth-order valence-electron chi connectivity index (χ4n) is 1.54. The quantitative estimate of drug-likeness (QED) is 0.749. The zero-order chi connectivity index (χ0) is 13.8. The number of para-hydroxylation sites is 2. The van der Waals surface area contributed by atoms with Crippen LogP contribution in [0.1, 0.15) is 13.3 Å². The first-order valence-electron chi connectivity index (χ1n) is 5.45. The van der Waals surface area contributed by atoms with Crippen LogP contribution < -0.4 is 10.0 Å². The maximum Gasteiger partial charge on any atom is 0.324 e. The minimum absolute atomic E-state index is 0.116. The van der Waals surface area contributed by atoms with Gasteiger partial charge in [0, 0.05) is 0 Å². The van der Waals surface area contributed by atoms with Crippen LogP contribution in [0.15, 0.2) is 24.3 Å². The van der Waals surface area contributed by atoms with Gasteiger partial charge in [0.05, 0.1) is 17.1 Å². The summed E-state index contributed by atoms with van der Waals surface area (Å²) in [6.45, 7) is 1.08. The molecule has 1 rings (SSSR count). The maximum atomic E-state index is 12.0. The van der Waals surface area contributed by atoms with Crippen molar-refractivity contribution in [2.24, 2.45) is 0 Å². The summed E-state index contributed by atoms with van der Waals surface area (Å²) in [6, 6.07) is 6.30. The summed E-state index contributed by atoms with van der Waals surface area (Å²) in [5.74, 6) is -1.34. The van der Waals surface area contributed by atoms with E-state index in [1.54, 1.807) is 19.1 Å². The molecule has 7 heteroatoms. The molecule has 3 N–H and O–H groups in total. The molecule has 0 atom stereocenters. The van der Waals surface area contributed by atoms with Gasteiger partial charge in [-0.1, -0.05) is 19.1 Å². The van der Waals surface area contributed by atoms with Gasteiger partial charge >= 0.3 is 5.97 Å². The minimum atomic E-state index is -3.67. The van der Waals surface area contributed by atoms with Crippen LogP contribution in [-0.2, 0) is 14.8 Å². The van der Waals surface area contributed by atoms with Crippen molar-refractivity contribution in [1.82, 2.24) is 0 Å². The summed E-state index contributed by atoms with van der Waals surface area (Å²) in [6.07, 6.45) is 0.408. The first-order chi connectivity index (χ1) is 8.38. The fourth-order valence-corrected chi connectivity index (χ4v) is 3.05.